The number of methoxy groups -OCH3 is 1. The number of hydrogen-bond donors (Lipinski definition) is 1. The lowest BCUT2D eigenvalue weighted by molar-refractivity contribution is -0.385. The van der Waals surface area contributed by atoms with Gasteiger partial charge in [0.2, 0.25) is 11.7 Å². The lowest BCUT2D eigenvalue weighted by Gasteiger charge is -2.07. The van der Waals surface area contributed by atoms with Crippen molar-refractivity contribution in [2.24, 2.45) is 0 Å². The first-order valence-corrected chi connectivity index (χ1v) is 5.94. The summed E-state index contributed by atoms with van der Waals surface area (Å²) in [6, 6.07) is 4.47. The second-order valence-electron chi connectivity index (χ2n) is 4.01. The summed E-state index contributed by atoms with van der Waals surface area (Å²) in [6.07, 6.45) is 0. The second-order valence-corrected chi connectivity index (χ2v) is 4.01. The summed E-state index contributed by atoms with van der Waals surface area (Å²) < 4.78 is 10.3. The van der Waals surface area contributed by atoms with Crippen LogP contribution in [0.3, 0.4) is 0 Å². The highest BCUT2D eigenvalue weighted by Crippen LogP contribution is 2.31. The molecule has 9 nitrogen and oxygen atoms in total. The molecular weight excluding hydrogens is 278 g/mol. The van der Waals surface area contributed by atoms with E-state index in [-0.39, 0.29) is 29.4 Å². The molecule has 21 heavy (non-hydrogen) atoms. The fourth-order valence-electron chi connectivity index (χ4n) is 1.54. The fraction of sp³-hybridized carbons (Fsp3) is 0.250. The van der Waals surface area contributed by atoms with Crippen molar-refractivity contribution < 1.29 is 14.4 Å². The van der Waals surface area contributed by atoms with E-state index >= 15 is 0 Å². The zero-order valence-electron chi connectivity index (χ0n) is 11.7. The van der Waals surface area contributed by atoms with Crippen molar-refractivity contribution in [1.82, 2.24) is 15.0 Å². The van der Waals surface area contributed by atoms with Crippen LogP contribution in [0.2, 0.25) is 0 Å². The molecular formula is C12H13N5O4. The van der Waals surface area contributed by atoms with Crippen molar-refractivity contribution in [2.75, 3.05) is 19.5 Å². The van der Waals surface area contributed by atoms with Gasteiger partial charge in [-0.2, -0.15) is 9.97 Å². The molecule has 0 unspecified atom stereocenters. The van der Waals surface area contributed by atoms with E-state index in [0.717, 1.165) is 5.56 Å². The molecule has 1 aromatic carbocycles. The Balaban J connectivity index is 2.42. The Hall–Kier alpha value is -2.97. The highest BCUT2D eigenvalue weighted by Gasteiger charge is 2.18. The summed E-state index contributed by atoms with van der Waals surface area (Å²) in [7, 11) is 3.02. The second kappa shape index (κ2) is 5.99. The number of aryl methyl sites for hydroxylation is 1. The lowest BCUT2D eigenvalue weighted by Crippen LogP contribution is -2.04. The number of nitro benzene ring substituents is 1. The molecule has 110 valence electrons. The van der Waals surface area contributed by atoms with E-state index in [0.29, 0.717) is 0 Å². The average Bonchev–Trinajstić information content (AvgIpc) is 2.46. The van der Waals surface area contributed by atoms with Crippen LogP contribution in [0, 0.1) is 17.0 Å². The van der Waals surface area contributed by atoms with Gasteiger partial charge >= 0.3 is 17.7 Å². The Labute approximate surface area is 120 Å². The summed E-state index contributed by atoms with van der Waals surface area (Å²) in [5, 5.41) is 13.7. The number of anilines is 1. The van der Waals surface area contributed by atoms with E-state index in [9.17, 15) is 10.1 Å². The molecule has 2 rings (SSSR count). The average molecular weight is 291 g/mol. The summed E-state index contributed by atoms with van der Waals surface area (Å²) in [6.45, 7) is 1.80. The van der Waals surface area contributed by atoms with Crippen LogP contribution in [-0.4, -0.2) is 34.0 Å². The van der Waals surface area contributed by atoms with E-state index in [1.807, 2.05) is 0 Å². The van der Waals surface area contributed by atoms with Gasteiger partial charge in [0.1, 0.15) is 0 Å². The Morgan fingerprint density at radius 1 is 1.24 bits per heavy atom. The highest BCUT2D eigenvalue weighted by molar-refractivity contribution is 5.49. The molecule has 0 amide bonds. The number of ether oxygens (including phenoxy) is 2. The van der Waals surface area contributed by atoms with Crippen LogP contribution in [0.1, 0.15) is 5.56 Å². The predicted molar refractivity (Wildman–Crippen MR) is 73.8 cm³/mol. The minimum Gasteiger partial charge on any atom is -0.467 e. The summed E-state index contributed by atoms with van der Waals surface area (Å²) in [5.41, 5.74) is 0.636. The molecule has 0 bridgehead atoms. The molecule has 0 saturated heterocycles. The molecule has 0 aliphatic carbocycles. The van der Waals surface area contributed by atoms with Crippen molar-refractivity contribution in [3.05, 3.63) is 33.9 Å². The van der Waals surface area contributed by atoms with Gasteiger partial charge in [-0.3, -0.25) is 10.1 Å². The normalized spacial score (nSPS) is 10.0. The molecule has 0 spiro atoms. The largest absolute Gasteiger partial charge is 0.467 e. The number of nitro groups is 1. The van der Waals surface area contributed by atoms with Crippen LogP contribution in [0.5, 0.6) is 17.8 Å². The minimum atomic E-state index is -0.536. The molecule has 0 fully saturated rings. The zero-order chi connectivity index (χ0) is 15.4. The van der Waals surface area contributed by atoms with Gasteiger partial charge < -0.3 is 14.8 Å². The summed E-state index contributed by atoms with van der Waals surface area (Å²) in [4.78, 5) is 22.3. The molecule has 0 saturated carbocycles. The van der Waals surface area contributed by atoms with Crippen LogP contribution in [0.4, 0.5) is 11.6 Å². The van der Waals surface area contributed by atoms with Crippen LogP contribution >= 0.6 is 0 Å². The number of nitrogens with zero attached hydrogens (tertiary/aromatic N) is 4. The third-order valence-electron chi connectivity index (χ3n) is 2.51. The van der Waals surface area contributed by atoms with Gasteiger partial charge in [0.15, 0.2) is 0 Å². The van der Waals surface area contributed by atoms with Crippen LogP contribution in [-0.2, 0) is 0 Å². The smallest absolute Gasteiger partial charge is 0.330 e. The van der Waals surface area contributed by atoms with Gasteiger partial charge in [-0.15, -0.1) is 4.98 Å². The van der Waals surface area contributed by atoms with Crippen LogP contribution in [0.15, 0.2) is 18.2 Å². The SMILES string of the molecule is CNc1nc(OC)nc(Oc2cc(C)ccc2[N+](=O)[O-])n1. The number of aromatic nitrogens is 3. The van der Waals surface area contributed by atoms with Crippen molar-refractivity contribution >= 4 is 11.6 Å². The maximum absolute atomic E-state index is 11.0. The zero-order valence-corrected chi connectivity index (χ0v) is 11.7. The van der Waals surface area contributed by atoms with E-state index in [1.54, 1.807) is 20.0 Å². The Bertz CT molecular complexity index is 654. The van der Waals surface area contributed by atoms with Gasteiger partial charge in [0, 0.05) is 13.1 Å². The van der Waals surface area contributed by atoms with Crippen LogP contribution in [0.25, 0.3) is 0 Å². The van der Waals surface area contributed by atoms with Gasteiger partial charge in [0.05, 0.1) is 12.0 Å². The summed E-state index contributed by atoms with van der Waals surface area (Å²) >= 11 is 0. The predicted octanol–water partition coefficient (Wildman–Crippen LogP) is 1.93. The highest BCUT2D eigenvalue weighted by atomic mass is 16.6. The molecule has 0 aliphatic rings. The third-order valence-corrected chi connectivity index (χ3v) is 2.51. The Kier molecular flexibility index (Phi) is 4.12. The Morgan fingerprint density at radius 2 is 1.95 bits per heavy atom. The van der Waals surface area contributed by atoms with E-state index in [2.05, 4.69) is 20.3 Å². The molecule has 1 N–H and O–H groups in total. The first-order valence-electron chi connectivity index (χ1n) is 5.94. The van der Waals surface area contributed by atoms with Crippen molar-refractivity contribution in [3.8, 4) is 17.8 Å². The number of rotatable bonds is 5. The lowest BCUT2D eigenvalue weighted by atomic mass is 10.2. The molecule has 0 radical (unpaired) electrons. The first-order chi connectivity index (χ1) is 10.0. The van der Waals surface area contributed by atoms with E-state index in [4.69, 9.17) is 9.47 Å². The monoisotopic (exact) mass is 291 g/mol. The maximum Gasteiger partial charge on any atom is 0.330 e. The fourth-order valence-corrected chi connectivity index (χ4v) is 1.54. The first kappa shape index (κ1) is 14.4. The molecule has 0 atom stereocenters. The van der Waals surface area contributed by atoms with Gasteiger partial charge in [-0.25, -0.2) is 0 Å². The van der Waals surface area contributed by atoms with Gasteiger partial charge in [-0.1, -0.05) is 6.07 Å². The topological polar surface area (TPSA) is 112 Å². The molecule has 9 heteroatoms. The molecule has 0 aliphatic heterocycles. The van der Waals surface area contributed by atoms with E-state index in [1.165, 1.54) is 19.2 Å². The summed E-state index contributed by atoms with van der Waals surface area (Å²) in [5.74, 6) is 0.280. The standard InChI is InChI=1S/C12H13N5O4/c1-7-4-5-8(17(18)19)9(6-7)21-12-15-10(13-2)14-11(16-12)20-3/h4-6H,1-3H3,(H,13,14,15,16). The minimum absolute atomic E-state index is 0.0413. The van der Waals surface area contributed by atoms with Gasteiger partial charge in [-0.05, 0) is 18.6 Å². The molecule has 1 heterocycles. The number of benzene rings is 1. The molecule has 2 aromatic rings. The Morgan fingerprint density at radius 3 is 2.57 bits per heavy atom. The van der Waals surface area contributed by atoms with Crippen molar-refractivity contribution in [2.45, 2.75) is 6.92 Å². The third kappa shape index (κ3) is 3.32. The van der Waals surface area contributed by atoms with Crippen LogP contribution < -0.4 is 14.8 Å². The maximum atomic E-state index is 11.0. The molecule has 1 aromatic heterocycles. The van der Waals surface area contributed by atoms with E-state index < -0.39 is 4.92 Å². The quantitative estimate of drug-likeness (QED) is 0.656. The number of hydrogen-bond acceptors (Lipinski definition) is 8. The number of nitrogens with one attached hydrogen (secondary N) is 1. The van der Waals surface area contributed by atoms with Crippen molar-refractivity contribution in [3.63, 3.8) is 0 Å². The van der Waals surface area contributed by atoms with Gasteiger partial charge in [0.25, 0.3) is 0 Å². The van der Waals surface area contributed by atoms with Crippen molar-refractivity contribution in [1.29, 1.82) is 0 Å².